The van der Waals surface area contributed by atoms with Gasteiger partial charge in [0.2, 0.25) is 12.2 Å². The maximum absolute atomic E-state index is 13.1. The van der Waals surface area contributed by atoms with E-state index in [4.69, 9.17) is 29.4 Å². The Morgan fingerprint density at radius 1 is 1.00 bits per heavy atom. The molecule has 1 aromatic heterocycles. The number of aliphatic hydroxyl groups is 2. The highest BCUT2D eigenvalue weighted by Gasteiger charge is 2.54. The first kappa shape index (κ1) is 39.4. The van der Waals surface area contributed by atoms with Crippen LogP contribution < -0.4 is 22.3 Å². The van der Waals surface area contributed by atoms with Gasteiger partial charge in [0.1, 0.15) is 24.4 Å². The van der Waals surface area contributed by atoms with Gasteiger partial charge in [-0.25, -0.2) is 4.79 Å². The summed E-state index contributed by atoms with van der Waals surface area (Å²) in [6.07, 6.45) is -2.82. The van der Waals surface area contributed by atoms with Crippen molar-refractivity contribution in [3.63, 3.8) is 0 Å². The molecule has 0 aliphatic carbocycles. The van der Waals surface area contributed by atoms with E-state index in [2.05, 4.69) is 17.2 Å². The van der Waals surface area contributed by atoms with Gasteiger partial charge in [0.15, 0.2) is 24.2 Å². The number of hydrogen-bond acceptors (Lipinski definition) is 12. The summed E-state index contributed by atoms with van der Waals surface area (Å²) in [5.74, 6) is -2.93. The van der Waals surface area contributed by atoms with Crippen molar-refractivity contribution in [3.05, 3.63) is 74.8 Å². The molecule has 51 heavy (non-hydrogen) atoms. The van der Waals surface area contributed by atoms with Crippen LogP contribution in [0.4, 0.5) is 5.69 Å². The highest BCUT2D eigenvalue weighted by atomic mass is 16.7. The number of benzene rings is 1. The molecule has 1 aromatic carbocycles. The van der Waals surface area contributed by atoms with Crippen LogP contribution in [-0.2, 0) is 44.5 Å². The van der Waals surface area contributed by atoms with Gasteiger partial charge in [-0.3, -0.25) is 28.7 Å². The number of hydrogen-bond donors (Lipinski definition) is 5. The fourth-order valence-electron chi connectivity index (χ4n) is 5.94. The van der Waals surface area contributed by atoms with Crippen LogP contribution in [0.2, 0.25) is 0 Å². The highest BCUT2D eigenvalue weighted by Crippen LogP contribution is 2.36. The first-order chi connectivity index (χ1) is 24.5. The third-order valence-electron chi connectivity index (χ3n) is 8.77. The molecule has 16 heteroatoms. The van der Waals surface area contributed by atoms with Gasteiger partial charge in [-0.15, -0.1) is 0 Å². The Balaban J connectivity index is 1.53. The number of primary amides is 1. The second-order valence-corrected chi connectivity index (χ2v) is 12.5. The molecular formula is C35H48N4O12. The molecule has 16 nitrogen and oxygen atoms in total. The third kappa shape index (κ3) is 10.4. The SMILES string of the molecule is CCCCCCCCCC(=O)O[C@@H]1[C@H](OC)[C@@H](C(O[C@H]2OC(C(=O)Nc3ccc(CC)cc3)=C[C@H](O)[C@@H]2O)C(N)=O)O[C@H]1n1ccc(=O)[nH]c1=O. The number of aromatic amines is 1. The number of carbonyl (C=O) groups excluding carboxylic acids is 3. The zero-order chi connectivity index (χ0) is 37.1. The Bertz CT molecular complexity index is 1620. The van der Waals surface area contributed by atoms with Crippen molar-refractivity contribution in [3.8, 4) is 0 Å². The number of H-pyrrole nitrogens is 1. The Kier molecular flexibility index (Phi) is 14.5. The Labute approximate surface area is 294 Å². The fourth-order valence-corrected chi connectivity index (χ4v) is 5.94. The summed E-state index contributed by atoms with van der Waals surface area (Å²) in [5, 5.41) is 24.0. The normalized spacial score (nSPS) is 25.0. The first-order valence-electron chi connectivity index (χ1n) is 17.3. The minimum absolute atomic E-state index is 0.0638. The van der Waals surface area contributed by atoms with Crippen LogP contribution in [0, 0.1) is 0 Å². The predicted octanol–water partition coefficient (Wildman–Crippen LogP) is 1.54. The van der Waals surface area contributed by atoms with Crippen LogP contribution in [0.1, 0.15) is 77.0 Å². The number of carbonyl (C=O) groups is 3. The lowest BCUT2D eigenvalue weighted by molar-refractivity contribution is -0.241. The highest BCUT2D eigenvalue weighted by molar-refractivity contribution is 6.02. The summed E-state index contributed by atoms with van der Waals surface area (Å²) in [6.45, 7) is 4.12. The second kappa shape index (κ2) is 18.8. The Hall–Kier alpha value is -4.35. The molecule has 4 rings (SSSR count). The van der Waals surface area contributed by atoms with E-state index in [9.17, 15) is 34.2 Å². The van der Waals surface area contributed by atoms with Gasteiger partial charge < -0.3 is 44.9 Å². The molecule has 2 aromatic rings. The van der Waals surface area contributed by atoms with Crippen molar-refractivity contribution < 1.29 is 48.3 Å². The lowest BCUT2D eigenvalue weighted by atomic mass is 10.0. The number of amides is 2. The quantitative estimate of drug-likeness (QED) is 0.109. The van der Waals surface area contributed by atoms with Crippen molar-refractivity contribution in [1.82, 2.24) is 9.55 Å². The smallest absolute Gasteiger partial charge is 0.330 e. The number of nitrogens with zero attached hydrogens (tertiary/aromatic N) is 1. The number of unbranched alkanes of at least 4 members (excludes halogenated alkanes) is 6. The monoisotopic (exact) mass is 716 g/mol. The van der Waals surface area contributed by atoms with Gasteiger partial charge >= 0.3 is 11.7 Å². The lowest BCUT2D eigenvalue weighted by Gasteiger charge is -2.35. The summed E-state index contributed by atoms with van der Waals surface area (Å²) >= 11 is 0. The topological polar surface area (TPSA) is 231 Å². The van der Waals surface area contributed by atoms with Gasteiger partial charge in [-0.05, 0) is 36.6 Å². The summed E-state index contributed by atoms with van der Waals surface area (Å²) in [6, 6.07) is 8.09. The third-order valence-corrected chi connectivity index (χ3v) is 8.77. The fraction of sp³-hybridized carbons (Fsp3) is 0.571. The van der Waals surface area contributed by atoms with Crippen molar-refractivity contribution in [2.45, 2.75) is 121 Å². The molecule has 3 heterocycles. The molecule has 0 bridgehead atoms. The van der Waals surface area contributed by atoms with E-state index in [1.54, 1.807) is 12.1 Å². The largest absolute Gasteiger partial charge is 0.456 e. The van der Waals surface area contributed by atoms with E-state index in [1.807, 2.05) is 19.1 Å². The van der Waals surface area contributed by atoms with Crippen molar-refractivity contribution >= 4 is 23.5 Å². The standard InChI is InChI=1S/C35H48N4O12/c1-4-6-7-8-9-10-11-12-25(42)49-30-27(47-3)28(50-33(30)39-18-17-24(41)38-35(39)46)29(31(36)44)51-34-26(43)22(40)19-23(48-34)32(45)37-21-15-13-20(5-2)14-16-21/h13-19,22,26-30,33-34,40,43H,4-12H2,1-3H3,(H2,36,44)(H,37,45)(H,38,41,46)/t22-,26-,27+,28-,29?,30+,33+,34+/m0/s1. The minimum Gasteiger partial charge on any atom is -0.456 e. The number of esters is 1. The molecule has 0 spiro atoms. The molecule has 0 radical (unpaired) electrons. The zero-order valence-electron chi connectivity index (χ0n) is 29.0. The van der Waals surface area contributed by atoms with Crippen molar-refractivity contribution in [1.29, 1.82) is 0 Å². The average Bonchev–Trinajstić information content (AvgIpc) is 3.45. The van der Waals surface area contributed by atoms with Gasteiger partial charge in [0, 0.05) is 31.5 Å². The number of aliphatic hydroxyl groups excluding tert-OH is 2. The van der Waals surface area contributed by atoms with E-state index >= 15 is 0 Å². The number of aromatic nitrogens is 2. The molecule has 2 aliphatic rings. The molecule has 2 amide bonds. The first-order valence-corrected chi connectivity index (χ1v) is 17.3. The van der Waals surface area contributed by atoms with Crippen LogP contribution in [0.15, 0.2) is 58.0 Å². The number of anilines is 1. The maximum Gasteiger partial charge on any atom is 0.330 e. The molecule has 1 unspecified atom stereocenters. The van der Waals surface area contributed by atoms with Crippen LogP contribution in [0.5, 0.6) is 0 Å². The van der Waals surface area contributed by atoms with Crippen LogP contribution in [-0.4, -0.2) is 87.6 Å². The van der Waals surface area contributed by atoms with Crippen LogP contribution in [0.3, 0.4) is 0 Å². The number of methoxy groups -OCH3 is 1. The van der Waals surface area contributed by atoms with Gasteiger partial charge in [-0.1, -0.05) is 64.5 Å². The Morgan fingerprint density at radius 3 is 2.31 bits per heavy atom. The molecular weight excluding hydrogens is 668 g/mol. The van der Waals surface area contributed by atoms with Crippen molar-refractivity contribution in [2.75, 3.05) is 12.4 Å². The van der Waals surface area contributed by atoms with Crippen LogP contribution in [0.25, 0.3) is 0 Å². The van der Waals surface area contributed by atoms with E-state index in [0.29, 0.717) is 12.1 Å². The molecule has 1 saturated heterocycles. The molecule has 1 fully saturated rings. The lowest BCUT2D eigenvalue weighted by Crippen LogP contribution is -2.54. The molecule has 280 valence electrons. The second-order valence-electron chi connectivity index (χ2n) is 12.5. The van der Waals surface area contributed by atoms with Gasteiger partial charge in [-0.2, -0.15) is 0 Å². The van der Waals surface area contributed by atoms with Gasteiger partial charge in [0.25, 0.3) is 11.5 Å². The summed E-state index contributed by atoms with van der Waals surface area (Å²) in [4.78, 5) is 65.8. The average molecular weight is 717 g/mol. The van der Waals surface area contributed by atoms with E-state index < -0.39 is 83.9 Å². The number of aryl methyl sites for hydroxylation is 1. The van der Waals surface area contributed by atoms with E-state index in [0.717, 1.165) is 73.4 Å². The minimum atomic E-state index is -1.82. The molecule has 0 saturated carbocycles. The maximum atomic E-state index is 13.1. The summed E-state index contributed by atoms with van der Waals surface area (Å²) < 4.78 is 29.9. The van der Waals surface area contributed by atoms with E-state index in [-0.39, 0.29) is 6.42 Å². The molecule has 8 atom stereocenters. The number of nitrogens with one attached hydrogen (secondary N) is 2. The number of ether oxygens (including phenoxy) is 5. The molecule has 2 aliphatic heterocycles. The van der Waals surface area contributed by atoms with Crippen LogP contribution >= 0.6 is 0 Å². The Morgan fingerprint density at radius 2 is 1.69 bits per heavy atom. The molecule has 6 N–H and O–H groups in total. The zero-order valence-corrected chi connectivity index (χ0v) is 29.0. The number of nitrogens with two attached hydrogens (primary N) is 1. The van der Waals surface area contributed by atoms with E-state index in [1.165, 1.54) is 7.11 Å². The predicted molar refractivity (Wildman–Crippen MR) is 182 cm³/mol. The van der Waals surface area contributed by atoms with Crippen molar-refractivity contribution in [2.24, 2.45) is 5.73 Å². The summed E-state index contributed by atoms with van der Waals surface area (Å²) in [7, 11) is 1.25. The summed E-state index contributed by atoms with van der Waals surface area (Å²) in [5.41, 5.74) is 5.64. The van der Waals surface area contributed by atoms with Gasteiger partial charge in [0.05, 0.1) is 0 Å². The number of rotatable bonds is 18.